The van der Waals surface area contributed by atoms with Crippen LogP contribution in [0.15, 0.2) is 18.2 Å². The molecule has 6 heteroatoms. The summed E-state index contributed by atoms with van der Waals surface area (Å²) < 4.78 is 10.2. The van der Waals surface area contributed by atoms with E-state index in [2.05, 4.69) is 10.6 Å². The van der Waals surface area contributed by atoms with E-state index in [9.17, 15) is 9.59 Å². The van der Waals surface area contributed by atoms with Gasteiger partial charge in [0.2, 0.25) is 0 Å². The number of hydrogen-bond acceptors (Lipinski definition) is 4. The van der Waals surface area contributed by atoms with E-state index in [-0.39, 0.29) is 6.04 Å². The van der Waals surface area contributed by atoms with E-state index < -0.39 is 11.8 Å². The first-order valence-electron chi connectivity index (χ1n) is 5.98. The molecule has 2 amide bonds. The topological polar surface area (TPSA) is 76.7 Å². The number of ether oxygens (including phenoxy) is 2. The molecule has 0 aliphatic heterocycles. The summed E-state index contributed by atoms with van der Waals surface area (Å²) in [6.45, 7) is 0. The summed E-state index contributed by atoms with van der Waals surface area (Å²) in [5, 5.41) is 5.13. The van der Waals surface area contributed by atoms with Crippen LogP contribution in [0.1, 0.15) is 12.8 Å². The highest BCUT2D eigenvalue weighted by molar-refractivity contribution is 6.39. The SMILES string of the molecule is COc1ccc(NC(=O)C(=O)NC2CC2)cc1OC. The van der Waals surface area contributed by atoms with Crippen LogP contribution >= 0.6 is 0 Å². The van der Waals surface area contributed by atoms with E-state index in [4.69, 9.17) is 9.47 Å². The quantitative estimate of drug-likeness (QED) is 0.793. The molecule has 0 atom stereocenters. The Bertz CT molecular complexity index is 497. The van der Waals surface area contributed by atoms with E-state index in [1.807, 2.05) is 0 Å². The van der Waals surface area contributed by atoms with Crippen molar-refractivity contribution in [2.45, 2.75) is 18.9 Å². The summed E-state index contributed by atoms with van der Waals surface area (Å²) >= 11 is 0. The molecule has 1 fully saturated rings. The van der Waals surface area contributed by atoms with E-state index in [1.165, 1.54) is 14.2 Å². The van der Waals surface area contributed by atoms with Crippen molar-refractivity contribution in [3.8, 4) is 11.5 Å². The highest BCUT2D eigenvalue weighted by atomic mass is 16.5. The molecule has 1 aromatic carbocycles. The molecule has 1 aliphatic rings. The van der Waals surface area contributed by atoms with Gasteiger partial charge in [-0.3, -0.25) is 9.59 Å². The van der Waals surface area contributed by atoms with E-state index in [0.29, 0.717) is 17.2 Å². The van der Waals surface area contributed by atoms with Crippen molar-refractivity contribution >= 4 is 17.5 Å². The molecule has 0 aromatic heterocycles. The number of amides is 2. The minimum Gasteiger partial charge on any atom is -0.493 e. The van der Waals surface area contributed by atoms with E-state index in [1.54, 1.807) is 18.2 Å². The maximum absolute atomic E-state index is 11.6. The molecule has 1 aliphatic carbocycles. The number of rotatable bonds is 4. The van der Waals surface area contributed by atoms with Crippen LogP contribution in [0.3, 0.4) is 0 Å². The Hall–Kier alpha value is -2.24. The van der Waals surface area contributed by atoms with Crippen molar-refractivity contribution in [2.75, 3.05) is 19.5 Å². The van der Waals surface area contributed by atoms with Crippen molar-refractivity contribution in [3.05, 3.63) is 18.2 Å². The van der Waals surface area contributed by atoms with Crippen molar-refractivity contribution in [1.82, 2.24) is 5.32 Å². The Kier molecular flexibility index (Phi) is 3.89. The van der Waals surface area contributed by atoms with Crippen LogP contribution in [0, 0.1) is 0 Å². The average Bonchev–Trinajstić information content (AvgIpc) is 3.22. The number of carbonyl (C=O) groups is 2. The van der Waals surface area contributed by atoms with Crippen molar-refractivity contribution < 1.29 is 19.1 Å². The van der Waals surface area contributed by atoms with Crippen LogP contribution in [0.25, 0.3) is 0 Å². The van der Waals surface area contributed by atoms with Gasteiger partial charge in [0.15, 0.2) is 11.5 Å². The van der Waals surface area contributed by atoms with Crippen LogP contribution < -0.4 is 20.1 Å². The van der Waals surface area contributed by atoms with Gasteiger partial charge in [0.1, 0.15) is 0 Å². The van der Waals surface area contributed by atoms with Crippen LogP contribution in [-0.2, 0) is 9.59 Å². The third kappa shape index (κ3) is 3.37. The molecule has 6 nitrogen and oxygen atoms in total. The zero-order chi connectivity index (χ0) is 13.8. The maximum Gasteiger partial charge on any atom is 0.313 e. The number of hydrogen-bond donors (Lipinski definition) is 2. The lowest BCUT2D eigenvalue weighted by atomic mass is 10.2. The molecule has 0 heterocycles. The fourth-order valence-corrected chi connectivity index (χ4v) is 1.58. The zero-order valence-electron chi connectivity index (χ0n) is 10.9. The smallest absolute Gasteiger partial charge is 0.313 e. The van der Waals surface area contributed by atoms with Gasteiger partial charge in [0.25, 0.3) is 0 Å². The van der Waals surface area contributed by atoms with Gasteiger partial charge in [-0.05, 0) is 25.0 Å². The lowest BCUT2D eigenvalue weighted by molar-refractivity contribution is -0.136. The highest BCUT2D eigenvalue weighted by Crippen LogP contribution is 2.29. The third-order valence-corrected chi connectivity index (χ3v) is 2.76. The van der Waals surface area contributed by atoms with Gasteiger partial charge >= 0.3 is 11.8 Å². The Labute approximate surface area is 111 Å². The second kappa shape index (κ2) is 5.60. The number of carbonyl (C=O) groups excluding carboxylic acids is 2. The minimum absolute atomic E-state index is 0.156. The molecule has 102 valence electrons. The van der Waals surface area contributed by atoms with Gasteiger partial charge in [-0.1, -0.05) is 0 Å². The third-order valence-electron chi connectivity index (χ3n) is 2.76. The fraction of sp³-hybridized carbons (Fsp3) is 0.385. The van der Waals surface area contributed by atoms with E-state index >= 15 is 0 Å². The van der Waals surface area contributed by atoms with Crippen LogP contribution in [-0.4, -0.2) is 32.1 Å². The Morgan fingerprint density at radius 2 is 1.79 bits per heavy atom. The predicted molar refractivity (Wildman–Crippen MR) is 69.3 cm³/mol. The number of anilines is 1. The zero-order valence-corrected chi connectivity index (χ0v) is 10.9. The maximum atomic E-state index is 11.6. The monoisotopic (exact) mass is 264 g/mol. The van der Waals surface area contributed by atoms with Gasteiger partial charge in [-0.25, -0.2) is 0 Å². The molecule has 0 radical (unpaired) electrons. The van der Waals surface area contributed by atoms with Crippen LogP contribution in [0.2, 0.25) is 0 Å². The summed E-state index contributed by atoms with van der Waals surface area (Å²) in [5.74, 6) is -0.248. The Morgan fingerprint density at radius 3 is 2.37 bits per heavy atom. The molecule has 0 unspecified atom stereocenters. The molecule has 0 saturated heterocycles. The summed E-state index contributed by atoms with van der Waals surface area (Å²) in [4.78, 5) is 23.1. The van der Waals surface area contributed by atoms with Crippen molar-refractivity contribution in [3.63, 3.8) is 0 Å². The first-order valence-corrected chi connectivity index (χ1v) is 5.98. The van der Waals surface area contributed by atoms with Crippen molar-refractivity contribution in [1.29, 1.82) is 0 Å². The summed E-state index contributed by atoms with van der Waals surface area (Å²) in [7, 11) is 3.03. The largest absolute Gasteiger partial charge is 0.493 e. The molecule has 0 spiro atoms. The first-order chi connectivity index (χ1) is 9.13. The van der Waals surface area contributed by atoms with Gasteiger partial charge in [-0.15, -0.1) is 0 Å². The van der Waals surface area contributed by atoms with Crippen LogP contribution in [0.4, 0.5) is 5.69 Å². The second-order valence-corrected chi connectivity index (χ2v) is 4.27. The molecule has 2 N–H and O–H groups in total. The second-order valence-electron chi connectivity index (χ2n) is 4.27. The highest BCUT2D eigenvalue weighted by Gasteiger charge is 2.26. The van der Waals surface area contributed by atoms with Crippen molar-refractivity contribution in [2.24, 2.45) is 0 Å². The summed E-state index contributed by atoms with van der Waals surface area (Å²) in [6, 6.07) is 5.06. The summed E-state index contributed by atoms with van der Waals surface area (Å²) in [5.41, 5.74) is 0.480. The van der Waals surface area contributed by atoms with Gasteiger partial charge in [0.05, 0.1) is 14.2 Å². The minimum atomic E-state index is -0.681. The Morgan fingerprint density at radius 1 is 1.11 bits per heavy atom. The number of benzene rings is 1. The van der Waals surface area contributed by atoms with Gasteiger partial charge in [0, 0.05) is 17.8 Å². The summed E-state index contributed by atoms with van der Waals surface area (Å²) in [6.07, 6.45) is 1.88. The molecular weight excluding hydrogens is 248 g/mol. The lowest BCUT2D eigenvalue weighted by Gasteiger charge is -2.10. The number of nitrogens with one attached hydrogen (secondary N) is 2. The van der Waals surface area contributed by atoms with Crippen LogP contribution in [0.5, 0.6) is 11.5 Å². The molecule has 0 bridgehead atoms. The fourth-order valence-electron chi connectivity index (χ4n) is 1.58. The average molecular weight is 264 g/mol. The number of methoxy groups -OCH3 is 2. The van der Waals surface area contributed by atoms with Gasteiger partial charge in [-0.2, -0.15) is 0 Å². The molecule has 2 rings (SSSR count). The Balaban J connectivity index is 2.01. The molecule has 1 saturated carbocycles. The standard InChI is InChI=1S/C13H16N2O4/c1-18-10-6-5-9(7-11(10)19-2)15-13(17)12(16)14-8-3-4-8/h5-8H,3-4H2,1-2H3,(H,14,16)(H,15,17). The molecule has 19 heavy (non-hydrogen) atoms. The molecule has 1 aromatic rings. The van der Waals surface area contributed by atoms with Gasteiger partial charge < -0.3 is 20.1 Å². The predicted octanol–water partition coefficient (Wildman–Crippen LogP) is 0.921. The molecular formula is C13H16N2O4. The van der Waals surface area contributed by atoms with E-state index in [0.717, 1.165) is 12.8 Å². The first kappa shape index (κ1) is 13.2. The normalized spacial score (nSPS) is 13.6. The lowest BCUT2D eigenvalue weighted by Crippen LogP contribution is -2.36.